The van der Waals surface area contributed by atoms with Crippen molar-refractivity contribution in [1.29, 1.82) is 5.26 Å². The number of ketones is 1. The first-order chi connectivity index (χ1) is 11.2. The smallest absolute Gasteiger partial charge is 0.209 e. The van der Waals surface area contributed by atoms with Gasteiger partial charge in [0, 0.05) is 12.6 Å². The summed E-state index contributed by atoms with van der Waals surface area (Å²) in [5.74, 6) is -0.0848. The summed E-state index contributed by atoms with van der Waals surface area (Å²) in [7, 11) is 1.91. The van der Waals surface area contributed by atoms with E-state index in [9.17, 15) is 10.1 Å². The van der Waals surface area contributed by atoms with Crippen LogP contribution in [0.5, 0.6) is 0 Å². The first kappa shape index (κ1) is 13.4. The number of nitrogens with zero attached hydrogens (tertiary/aromatic N) is 3. The Bertz CT molecular complexity index is 1090. The lowest BCUT2D eigenvalue weighted by Crippen LogP contribution is -2.04. The third kappa shape index (κ3) is 1.80. The molecule has 110 valence electrons. The molecule has 0 fully saturated rings. The van der Waals surface area contributed by atoms with Crippen LogP contribution in [0.2, 0.25) is 0 Å². The van der Waals surface area contributed by atoms with Crippen LogP contribution in [0.1, 0.15) is 21.6 Å². The molecule has 2 heterocycles. The summed E-state index contributed by atoms with van der Waals surface area (Å²) in [6, 6.07) is 20.9. The molecule has 0 atom stereocenters. The standard InChI is InChI=1S/C19H13N3O/c1-21-15-9-5-6-10-16(15)22-17(11-14(12-20)19(21)22)18(23)13-7-3-2-4-8-13/h2-11H,1H3. The van der Waals surface area contributed by atoms with E-state index in [-0.39, 0.29) is 5.78 Å². The van der Waals surface area contributed by atoms with E-state index < -0.39 is 0 Å². The van der Waals surface area contributed by atoms with Crippen LogP contribution in [-0.2, 0) is 7.05 Å². The van der Waals surface area contributed by atoms with Gasteiger partial charge in [-0.05, 0) is 18.2 Å². The SMILES string of the molecule is Cn1c2ccccc2n2c(C(=O)c3ccccc3)cc(C#N)c12. The van der Waals surface area contributed by atoms with Crippen molar-refractivity contribution < 1.29 is 4.79 Å². The predicted molar refractivity (Wildman–Crippen MR) is 88.5 cm³/mol. The van der Waals surface area contributed by atoms with Crippen LogP contribution in [0, 0.1) is 11.3 Å². The third-order valence-corrected chi connectivity index (χ3v) is 4.17. The number of imidazole rings is 1. The van der Waals surface area contributed by atoms with E-state index in [1.54, 1.807) is 18.2 Å². The molecule has 0 unspecified atom stereocenters. The molecular formula is C19H13N3O. The fourth-order valence-electron chi connectivity index (χ4n) is 3.11. The molecule has 0 aliphatic heterocycles. The van der Waals surface area contributed by atoms with Gasteiger partial charge in [-0.15, -0.1) is 0 Å². The summed E-state index contributed by atoms with van der Waals surface area (Å²) < 4.78 is 3.83. The Labute approximate surface area is 132 Å². The van der Waals surface area contributed by atoms with Gasteiger partial charge in [0.05, 0.1) is 22.3 Å². The molecule has 0 aliphatic rings. The van der Waals surface area contributed by atoms with Gasteiger partial charge in [0.15, 0.2) is 0 Å². The van der Waals surface area contributed by atoms with Gasteiger partial charge in [-0.1, -0.05) is 42.5 Å². The Morgan fingerprint density at radius 3 is 2.35 bits per heavy atom. The summed E-state index contributed by atoms with van der Waals surface area (Å²) in [6.07, 6.45) is 0. The molecule has 0 aliphatic carbocycles. The summed E-state index contributed by atoms with van der Waals surface area (Å²) in [5.41, 5.74) is 4.28. The lowest BCUT2D eigenvalue weighted by Gasteiger charge is -2.01. The minimum absolute atomic E-state index is 0.0848. The molecule has 0 spiro atoms. The second-order valence-corrected chi connectivity index (χ2v) is 5.46. The van der Waals surface area contributed by atoms with Crippen LogP contribution in [0.15, 0.2) is 60.7 Å². The number of fused-ring (bicyclic) bond motifs is 3. The normalized spacial score (nSPS) is 11.0. The zero-order valence-electron chi connectivity index (χ0n) is 12.5. The Kier molecular flexibility index (Phi) is 2.82. The molecule has 2 aromatic carbocycles. The van der Waals surface area contributed by atoms with Gasteiger partial charge in [-0.3, -0.25) is 9.20 Å². The molecule has 0 bridgehead atoms. The minimum Gasteiger partial charge on any atom is -0.328 e. The topological polar surface area (TPSA) is 50.2 Å². The molecule has 4 rings (SSSR count). The van der Waals surface area contributed by atoms with Gasteiger partial charge in [-0.25, -0.2) is 0 Å². The lowest BCUT2D eigenvalue weighted by molar-refractivity contribution is 0.103. The van der Waals surface area contributed by atoms with E-state index in [0.29, 0.717) is 16.8 Å². The number of aromatic nitrogens is 2. The highest BCUT2D eigenvalue weighted by molar-refractivity contribution is 6.10. The van der Waals surface area contributed by atoms with E-state index in [4.69, 9.17) is 0 Å². The number of para-hydroxylation sites is 2. The molecule has 0 N–H and O–H groups in total. The van der Waals surface area contributed by atoms with Crippen LogP contribution in [0.3, 0.4) is 0 Å². The van der Waals surface area contributed by atoms with Crippen LogP contribution in [-0.4, -0.2) is 14.8 Å². The third-order valence-electron chi connectivity index (χ3n) is 4.17. The molecular weight excluding hydrogens is 286 g/mol. The van der Waals surface area contributed by atoms with Crippen LogP contribution in [0.25, 0.3) is 16.7 Å². The number of carbonyl (C=O) groups excluding carboxylic acids is 1. The number of hydrogen-bond donors (Lipinski definition) is 0. The summed E-state index contributed by atoms with van der Waals surface area (Å²) in [4.78, 5) is 12.9. The first-order valence-electron chi connectivity index (χ1n) is 7.31. The number of hydrogen-bond acceptors (Lipinski definition) is 2. The van der Waals surface area contributed by atoms with Crippen molar-refractivity contribution in [2.45, 2.75) is 0 Å². The van der Waals surface area contributed by atoms with Gasteiger partial charge in [-0.2, -0.15) is 5.26 Å². The number of carbonyl (C=O) groups is 1. The van der Waals surface area contributed by atoms with Crippen molar-refractivity contribution in [3.63, 3.8) is 0 Å². The fourth-order valence-corrected chi connectivity index (χ4v) is 3.11. The zero-order chi connectivity index (χ0) is 16.0. The second kappa shape index (κ2) is 4.85. The van der Waals surface area contributed by atoms with Gasteiger partial charge < -0.3 is 4.57 Å². The van der Waals surface area contributed by atoms with Crippen LogP contribution < -0.4 is 0 Å². The summed E-state index contributed by atoms with van der Waals surface area (Å²) in [6.45, 7) is 0. The number of rotatable bonds is 2. The lowest BCUT2D eigenvalue weighted by atomic mass is 10.1. The summed E-state index contributed by atoms with van der Waals surface area (Å²) in [5, 5.41) is 9.46. The highest BCUT2D eigenvalue weighted by atomic mass is 16.1. The molecule has 0 saturated carbocycles. The molecule has 4 nitrogen and oxygen atoms in total. The molecule has 0 radical (unpaired) electrons. The highest BCUT2D eigenvalue weighted by Crippen LogP contribution is 2.27. The maximum Gasteiger partial charge on any atom is 0.209 e. The molecule has 0 saturated heterocycles. The van der Waals surface area contributed by atoms with Gasteiger partial charge >= 0.3 is 0 Å². The first-order valence-corrected chi connectivity index (χ1v) is 7.31. The Hall–Kier alpha value is -3.32. The van der Waals surface area contributed by atoms with Gasteiger partial charge in [0.2, 0.25) is 5.78 Å². The average molecular weight is 299 g/mol. The minimum atomic E-state index is -0.0848. The monoisotopic (exact) mass is 299 g/mol. The number of nitriles is 1. The number of aryl methyl sites for hydroxylation is 1. The largest absolute Gasteiger partial charge is 0.328 e. The van der Waals surface area contributed by atoms with Crippen molar-refractivity contribution in [3.8, 4) is 6.07 Å². The Balaban J connectivity index is 2.11. The fraction of sp³-hybridized carbons (Fsp3) is 0.0526. The van der Waals surface area contributed by atoms with Crippen molar-refractivity contribution in [2.75, 3.05) is 0 Å². The molecule has 23 heavy (non-hydrogen) atoms. The zero-order valence-corrected chi connectivity index (χ0v) is 12.5. The summed E-state index contributed by atoms with van der Waals surface area (Å²) >= 11 is 0. The van der Waals surface area contributed by atoms with Crippen molar-refractivity contribution in [2.24, 2.45) is 7.05 Å². The molecule has 0 amide bonds. The quantitative estimate of drug-likeness (QED) is 0.532. The molecule has 4 aromatic rings. The van der Waals surface area contributed by atoms with E-state index in [1.807, 2.05) is 58.5 Å². The number of benzene rings is 2. The van der Waals surface area contributed by atoms with Gasteiger partial charge in [0.25, 0.3) is 0 Å². The molecule has 2 aromatic heterocycles. The van der Waals surface area contributed by atoms with Crippen LogP contribution >= 0.6 is 0 Å². The maximum atomic E-state index is 12.9. The predicted octanol–water partition coefficient (Wildman–Crippen LogP) is 3.53. The second-order valence-electron chi connectivity index (χ2n) is 5.46. The van der Waals surface area contributed by atoms with Crippen molar-refractivity contribution in [1.82, 2.24) is 8.97 Å². The average Bonchev–Trinajstić information content (AvgIpc) is 3.13. The van der Waals surface area contributed by atoms with E-state index >= 15 is 0 Å². The van der Waals surface area contributed by atoms with Crippen LogP contribution in [0.4, 0.5) is 0 Å². The maximum absolute atomic E-state index is 12.9. The van der Waals surface area contributed by atoms with Crippen molar-refractivity contribution >= 4 is 22.5 Å². The van der Waals surface area contributed by atoms with Crippen molar-refractivity contribution in [3.05, 3.63) is 77.5 Å². The van der Waals surface area contributed by atoms with E-state index in [1.165, 1.54) is 0 Å². The molecule has 4 heteroatoms. The van der Waals surface area contributed by atoms with Gasteiger partial charge in [0.1, 0.15) is 11.7 Å². The Morgan fingerprint density at radius 2 is 1.65 bits per heavy atom. The highest BCUT2D eigenvalue weighted by Gasteiger charge is 2.21. The van der Waals surface area contributed by atoms with E-state index in [0.717, 1.165) is 16.7 Å². The van der Waals surface area contributed by atoms with E-state index in [2.05, 4.69) is 6.07 Å². The Morgan fingerprint density at radius 1 is 1.00 bits per heavy atom.